The number of amides is 3. The molecule has 0 aromatic heterocycles. The van der Waals surface area contributed by atoms with Crippen molar-refractivity contribution in [3.63, 3.8) is 0 Å². The lowest BCUT2D eigenvalue weighted by atomic mass is 10.0. The van der Waals surface area contributed by atoms with E-state index < -0.39 is 30.0 Å². The normalized spacial score (nSPS) is 12.9. The zero-order valence-corrected chi connectivity index (χ0v) is 16.3. The minimum atomic E-state index is -1.28. The van der Waals surface area contributed by atoms with Crippen molar-refractivity contribution in [2.75, 3.05) is 14.2 Å². The first-order valence-corrected chi connectivity index (χ1v) is 8.90. The van der Waals surface area contributed by atoms with Gasteiger partial charge in [0.25, 0.3) is 5.91 Å². The van der Waals surface area contributed by atoms with E-state index in [9.17, 15) is 14.4 Å². The Hall–Kier alpha value is -2.61. The summed E-state index contributed by atoms with van der Waals surface area (Å²) in [5, 5.41) is 14.9. The number of rotatable bonds is 10. The molecule has 0 bridgehead atoms. The number of hydrogen-bond donors (Lipinski definition) is 3. The van der Waals surface area contributed by atoms with E-state index in [2.05, 4.69) is 10.6 Å². The van der Waals surface area contributed by atoms with Gasteiger partial charge in [0.05, 0.1) is 7.11 Å². The fourth-order valence-electron chi connectivity index (χ4n) is 2.65. The first-order valence-electron chi connectivity index (χ1n) is 8.90. The summed E-state index contributed by atoms with van der Waals surface area (Å²) in [6, 6.07) is 7.84. The lowest BCUT2D eigenvalue weighted by Gasteiger charge is -2.25. The molecule has 0 radical (unpaired) electrons. The van der Waals surface area contributed by atoms with Gasteiger partial charge in [-0.05, 0) is 30.7 Å². The highest BCUT2D eigenvalue weighted by Gasteiger charge is 2.29. The van der Waals surface area contributed by atoms with E-state index in [4.69, 9.17) is 9.94 Å². The van der Waals surface area contributed by atoms with Gasteiger partial charge >= 0.3 is 6.09 Å². The second-order valence-corrected chi connectivity index (χ2v) is 6.74. The molecular formula is C19H29N3O5. The molecule has 0 aliphatic rings. The average molecular weight is 379 g/mol. The number of hydrogen-bond acceptors (Lipinski definition) is 4. The Kier molecular flexibility index (Phi) is 9.29. The topological polar surface area (TPSA) is 108 Å². The quantitative estimate of drug-likeness (QED) is 0.537. The summed E-state index contributed by atoms with van der Waals surface area (Å²) in [5.41, 5.74) is 1.03. The highest BCUT2D eigenvalue weighted by molar-refractivity contribution is 5.90. The summed E-state index contributed by atoms with van der Waals surface area (Å²) in [6.45, 7) is 3.78. The Morgan fingerprint density at radius 3 is 2.26 bits per heavy atom. The molecule has 150 valence electrons. The zero-order chi connectivity index (χ0) is 20.4. The Balaban J connectivity index is 2.87. The Morgan fingerprint density at radius 1 is 1.11 bits per heavy atom. The SMILES string of the molecule is CON(C)C(=O)C(CCc1ccccc1)NC(=O)C(CC(C)C)NC(=O)O. The van der Waals surface area contributed by atoms with E-state index in [0.717, 1.165) is 10.6 Å². The molecule has 8 nitrogen and oxygen atoms in total. The van der Waals surface area contributed by atoms with Gasteiger partial charge in [-0.1, -0.05) is 44.2 Å². The van der Waals surface area contributed by atoms with Crippen molar-refractivity contribution in [1.29, 1.82) is 0 Å². The van der Waals surface area contributed by atoms with Crippen molar-refractivity contribution >= 4 is 17.9 Å². The largest absolute Gasteiger partial charge is 0.465 e. The van der Waals surface area contributed by atoms with Crippen LogP contribution in [0.1, 0.15) is 32.3 Å². The van der Waals surface area contributed by atoms with E-state index in [0.29, 0.717) is 19.3 Å². The fraction of sp³-hybridized carbons (Fsp3) is 0.526. The second-order valence-electron chi connectivity index (χ2n) is 6.74. The summed E-state index contributed by atoms with van der Waals surface area (Å²) in [4.78, 5) is 41.1. The number of nitrogens with one attached hydrogen (secondary N) is 2. The predicted molar refractivity (Wildman–Crippen MR) is 101 cm³/mol. The highest BCUT2D eigenvalue weighted by Crippen LogP contribution is 2.10. The number of carboxylic acid groups (broad SMARTS) is 1. The second kappa shape index (κ2) is 11.2. The Morgan fingerprint density at radius 2 is 1.74 bits per heavy atom. The van der Waals surface area contributed by atoms with Crippen LogP contribution in [0.2, 0.25) is 0 Å². The van der Waals surface area contributed by atoms with Crippen LogP contribution in [-0.4, -0.2) is 54.3 Å². The number of aryl methyl sites for hydroxylation is 1. The van der Waals surface area contributed by atoms with E-state index in [1.54, 1.807) is 0 Å². The van der Waals surface area contributed by atoms with Crippen molar-refractivity contribution in [3.8, 4) is 0 Å². The van der Waals surface area contributed by atoms with E-state index >= 15 is 0 Å². The molecular weight excluding hydrogens is 350 g/mol. The molecule has 8 heteroatoms. The molecule has 1 rings (SSSR count). The maximum Gasteiger partial charge on any atom is 0.405 e. The molecule has 0 saturated carbocycles. The van der Waals surface area contributed by atoms with Crippen LogP contribution in [0.3, 0.4) is 0 Å². The molecule has 1 aromatic carbocycles. The van der Waals surface area contributed by atoms with Gasteiger partial charge in [-0.15, -0.1) is 0 Å². The Bertz CT molecular complexity index is 621. The summed E-state index contributed by atoms with van der Waals surface area (Å²) >= 11 is 0. The number of nitrogens with zero attached hydrogens (tertiary/aromatic N) is 1. The number of likely N-dealkylation sites (N-methyl/N-ethyl adjacent to an activating group) is 1. The van der Waals surface area contributed by atoms with Crippen LogP contribution in [0, 0.1) is 5.92 Å². The number of benzene rings is 1. The number of carbonyl (C=O) groups is 3. The first kappa shape index (κ1) is 22.4. The number of hydroxylamine groups is 2. The van der Waals surface area contributed by atoms with Crippen LogP contribution in [0.15, 0.2) is 30.3 Å². The van der Waals surface area contributed by atoms with Crippen molar-refractivity contribution < 1.29 is 24.3 Å². The van der Waals surface area contributed by atoms with Gasteiger partial charge in [-0.2, -0.15) is 0 Å². The average Bonchev–Trinajstić information content (AvgIpc) is 2.63. The predicted octanol–water partition coefficient (Wildman–Crippen LogP) is 1.81. The molecule has 0 heterocycles. The third-order valence-corrected chi connectivity index (χ3v) is 4.08. The van der Waals surface area contributed by atoms with Crippen LogP contribution < -0.4 is 10.6 Å². The van der Waals surface area contributed by atoms with Crippen molar-refractivity contribution in [2.45, 2.75) is 45.2 Å². The van der Waals surface area contributed by atoms with E-state index in [-0.39, 0.29) is 5.92 Å². The molecule has 27 heavy (non-hydrogen) atoms. The van der Waals surface area contributed by atoms with Gasteiger partial charge in [-0.3, -0.25) is 14.4 Å². The van der Waals surface area contributed by atoms with Gasteiger partial charge in [0.1, 0.15) is 12.1 Å². The molecule has 3 amide bonds. The van der Waals surface area contributed by atoms with E-state index in [1.807, 2.05) is 44.2 Å². The molecule has 0 aliphatic carbocycles. The third-order valence-electron chi connectivity index (χ3n) is 4.08. The minimum Gasteiger partial charge on any atom is -0.465 e. The monoisotopic (exact) mass is 379 g/mol. The first-order chi connectivity index (χ1) is 12.7. The molecule has 0 fully saturated rings. The number of carbonyl (C=O) groups excluding carboxylic acids is 2. The van der Waals surface area contributed by atoms with Crippen molar-refractivity contribution in [1.82, 2.24) is 15.7 Å². The van der Waals surface area contributed by atoms with Gasteiger partial charge in [0, 0.05) is 7.05 Å². The smallest absolute Gasteiger partial charge is 0.405 e. The molecule has 0 saturated heterocycles. The van der Waals surface area contributed by atoms with Crippen LogP contribution in [0.25, 0.3) is 0 Å². The lowest BCUT2D eigenvalue weighted by molar-refractivity contribution is -0.171. The van der Waals surface area contributed by atoms with Gasteiger partial charge < -0.3 is 15.7 Å². The summed E-state index contributed by atoms with van der Waals surface area (Å²) in [6.07, 6.45) is -0.00490. The van der Waals surface area contributed by atoms with Crippen molar-refractivity contribution in [3.05, 3.63) is 35.9 Å². The summed E-state index contributed by atoms with van der Waals surface area (Å²) < 4.78 is 0. The summed E-state index contributed by atoms with van der Waals surface area (Å²) in [7, 11) is 2.83. The molecule has 3 N–H and O–H groups in total. The molecule has 1 aromatic rings. The molecule has 2 atom stereocenters. The van der Waals surface area contributed by atoms with Crippen molar-refractivity contribution in [2.24, 2.45) is 5.92 Å². The van der Waals surface area contributed by atoms with Crippen LogP contribution >= 0.6 is 0 Å². The highest BCUT2D eigenvalue weighted by atomic mass is 16.7. The standard InChI is InChI=1S/C19H29N3O5/c1-13(2)12-16(21-19(25)26)17(23)20-15(18(24)22(3)27-4)11-10-14-8-6-5-7-9-14/h5-9,13,15-16,21H,10-12H2,1-4H3,(H,20,23)(H,25,26). The third kappa shape index (κ3) is 8.08. The van der Waals surface area contributed by atoms with Crippen LogP contribution in [-0.2, 0) is 20.8 Å². The van der Waals surface area contributed by atoms with Gasteiger partial charge in [0.15, 0.2) is 0 Å². The lowest BCUT2D eigenvalue weighted by Crippen LogP contribution is -2.54. The van der Waals surface area contributed by atoms with E-state index in [1.165, 1.54) is 14.2 Å². The molecule has 2 unspecified atom stereocenters. The maximum atomic E-state index is 12.6. The fourth-order valence-corrected chi connectivity index (χ4v) is 2.65. The van der Waals surface area contributed by atoms with Crippen LogP contribution in [0.5, 0.6) is 0 Å². The molecule has 0 spiro atoms. The van der Waals surface area contributed by atoms with Gasteiger partial charge in [-0.25, -0.2) is 9.86 Å². The maximum absolute atomic E-state index is 12.6. The zero-order valence-electron chi connectivity index (χ0n) is 16.3. The summed E-state index contributed by atoms with van der Waals surface area (Å²) in [5.74, 6) is -0.824. The van der Waals surface area contributed by atoms with Gasteiger partial charge in [0.2, 0.25) is 5.91 Å². The Labute approximate surface area is 159 Å². The minimum absolute atomic E-state index is 0.104. The van der Waals surface area contributed by atoms with Crippen LogP contribution in [0.4, 0.5) is 4.79 Å². The molecule has 0 aliphatic heterocycles.